The number of rotatable bonds is 1. The molecule has 0 spiro atoms. The van der Waals surface area contributed by atoms with Gasteiger partial charge in [-0.3, -0.25) is 0 Å². The first-order valence-corrected chi connectivity index (χ1v) is 4.57. The van der Waals surface area contributed by atoms with E-state index in [1.807, 2.05) is 18.2 Å². The monoisotopic (exact) mass is 194 g/mol. The quantitative estimate of drug-likeness (QED) is 0.607. The van der Waals surface area contributed by atoms with Crippen molar-refractivity contribution in [3.63, 3.8) is 0 Å². The molecular formula is C11H8ClF. The van der Waals surface area contributed by atoms with Crippen LogP contribution in [0.25, 0.3) is 10.8 Å². The first-order chi connectivity index (χ1) is 6.29. The standard InChI is InChI=1S/C11H8ClF/c12-7-8-1-2-10-6-11(13)4-3-9(10)5-8/h1-6H,7H2. The lowest BCUT2D eigenvalue weighted by molar-refractivity contribution is 0.630. The van der Waals surface area contributed by atoms with E-state index in [9.17, 15) is 4.39 Å². The summed E-state index contributed by atoms with van der Waals surface area (Å²) in [6.07, 6.45) is 0. The van der Waals surface area contributed by atoms with Crippen LogP contribution in [-0.4, -0.2) is 0 Å². The van der Waals surface area contributed by atoms with Gasteiger partial charge < -0.3 is 0 Å². The summed E-state index contributed by atoms with van der Waals surface area (Å²) in [5.41, 5.74) is 1.06. The molecule has 0 heterocycles. The maximum absolute atomic E-state index is 12.8. The molecule has 0 amide bonds. The topological polar surface area (TPSA) is 0 Å². The molecule has 0 aliphatic heterocycles. The fourth-order valence-corrected chi connectivity index (χ4v) is 1.52. The molecular weight excluding hydrogens is 187 g/mol. The SMILES string of the molecule is Fc1ccc2cc(CCl)ccc2c1. The summed E-state index contributed by atoms with van der Waals surface area (Å²) in [5.74, 6) is 0.291. The van der Waals surface area contributed by atoms with E-state index < -0.39 is 0 Å². The van der Waals surface area contributed by atoms with Crippen molar-refractivity contribution in [2.45, 2.75) is 5.88 Å². The lowest BCUT2D eigenvalue weighted by Gasteiger charge is -2.00. The molecule has 0 bridgehead atoms. The van der Waals surface area contributed by atoms with E-state index in [1.54, 1.807) is 6.07 Å². The van der Waals surface area contributed by atoms with Gasteiger partial charge in [0.15, 0.2) is 0 Å². The summed E-state index contributed by atoms with van der Waals surface area (Å²) in [6.45, 7) is 0. The number of fused-ring (bicyclic) bond motifs is 1. The van der Waals surface area contributed by atoms with Crippen molar-refractivity contribution in [3.8, 4) is 0 Å². The van der Waals surface area contributed by atoms with Gasteiger partial charge in [-0.15, -0.1) is 11.6 Å². The molecule has 0 saturated carbocycles. The second kappa shape index (κ2) is 3.35. The first-order valence-electron chi connectivity index (χ1n) is 4.04. The fourth-order valence-electron chi connectivity index (χ4n) is 1.35. The van der Waals surface area contributed by atoms with E-state index in [0.717, 1.165) is 16.3 Å². The second-order valence-corrected chi connectivity index (χ2v) is 3.23. The summed E-state index contributed by atoms with van der Waals surface area (Å²) >= 11 is 5.68. The minimum absolute atomic E-state index is 0.203. The molecule has 2 aromatic carbocycles. The van der Waals surface area contributed by atoms with Crippen LogP contribution in [0.1, 0.15) is 5.56 Å². The average molecular weight is 195 g/mol. The highest BCUT2D eigenvalue weighted by Crippen LogP contribution is 2.18. The molecule has 0 aromatic heterocycles. The molecule has 0 atom stereocenters. The second-order valence-electron chi connectivity index (χ2n) is 2.96. The van der Waals surface area contributed by atoms with Crippen LogP contribution in [0.3, 0.4) is 0 Å². The summed E-state index contributed by atoms with van der Waals surface area (Å²) < 4.78 is 12.8. The van der Waals surface area contributed by atoms with Gasteiger partial charge in [-0.05, 0) is 34.5 Å². The van der Waals surface area contributed by atoms with E-state index >= 15 is 0 Å². The van der Waals surface area contributed by atoms with Gasteiger partial charge in [0.05, 0.1) is 0 Å². The molecule has 2 aromatic rings. The molecule has 13 heavy (non-hydrogen) atoms. The van der Waals surface area contributed by atoms with Crippen LogP contribution in [0.2, 0.25) is 0 Å². The van der Waals surface area contributed by atoms with Crippen molar-refractivity contribution < 1.29 is 4.39 Å². The van der Waals surface area contributed by atoms with Gasteiger partial charge in [-0.1, -0.05) is 18.2 Å². The maximum Gasteiger partial charge on any atom is 0.123 e. The Balaban J connectivity index is 2.66. The molecule has 2 rings (SSSR count). The largest absolute Gasteiger partial charge is 0.207 e. The van der Waals surface area contributed by atoms with Crippen LogP contribution in [0, 0.1) is 5.82 Å². The van der Waals surface area contributed by atoms with Crippen LogP contribution < -0.4 is 0 Å². The van der Waals surface area contributed by atoms with E-state index in [-0.39, 0.29) is 5.82 Å². The number of halogens is 2. The Morgan fingerprint density at radius 1 is 1.00 bits per heavy atom. The summed E-state index contributed by atoms with van der Waals surface area (Å²) in [6, 6.07) is 10.5. The van der Waals surface area contributed by atoms with Gasteiger partial charge in [-0.2, -0.15) is 0 Å². The Labute approximate surface area is 80.9 Å². The van der Waals surface area contributed by atoms with E-state index in [4.69, 9.17) is 11.6 Å². The van der Waals surface area contributed by atoms with Crippen LogP contribution in [0.15, 0.2) is 36.4 Å². The Kier molecular flexibility index (Phi) is 2.19. The highest BCUT2D eigenvalue weighted by atomic mass is 35.5. The van der Waals surface area contributed by atoms with Gasteiger partial charge in [-0.25, -0.2) is 4.39 Å². The highest BCUT2D eigenvalue weighted by molar-refractivity contribution is 6.17. The summed E-state index contributed by atoms with van der Waals surface area (Å²) in [4.78, 5) is 0. The number of alkyl halides is 1. The lowest BCUT2D eigenvalue weighted by atomic mass is 10.1. The number of hydrogen-bond donors (Lipinski definition) is 0. The Morgan fingerprint density at radius 2 is 1.69 bits per heavy atom. The van der Waals surface area contributed by atoms with Crippen molar-refractivity contribution in [2.75, 3.05) is 0 Å². The molecule has 0 aliphatic rings. The van der Waals surface area contributed by atoms with Crippen LogP contribution in [0.5, 0.6) is 0 Å². The minimum atomic E-state index is -0.203. The molecule has 0 saturated heterocycles. The molecule has 0 fully saturated rings. The van der Waals surface area contributed by atoms with Gasteiger partial charge in [0.2, 0.25) is 0 Å². The zero-order valence-electron chi connectivity index (χ0n) is 6.93. The number of benzene rings is 2. The third kappa shape index (κ3) is 1.65. The van der Waals surface area contributed by atoms with Crippen LogP contribution in [-0.2, 0) is 5.88 Å². The van der Waals surface area contributed by atoms with Gasteiger partial charge in [0.1, 0.15) is 5.82 Å². The summed E-state index contributed by atoms with van der Waals surface area (Å²) in [7, 11) is 0. The average Bonchev–Trinajstić information content (AvgIpc) is 2.17. The van der Waals surface area contributed by atoms with Crippen LogP contribution >= 0.6 is 11.6 Å². The molecule has 0 aliphatic carbocycles. The van der Waals surface area contributed by atoms with Crippen molar-refractivity contribution >= 4 is 22.4 Å². The van der Waals surface area contributed by atoms with Gasteiger partial charge in [0, 0.05) is 5.88 Å². The Morgan fingerprint density at radius 3 is 2.46 bits per heavy atom. The van der Waals surface area contributed by atoms with Gasteiger partial charge in [0.25, 0.3) is 0 Å². The molecule has 66 valence electrons. The van der Waals surface area contributed by atoms with E-state index in [0.29, 0.717) is 5.88 Å². The lowest BCUT2D eigenvalue weighted by Crippen LogP contribution is -1.80. The zero-order chi connectivity index (χ0) is 9.26. The van der Waals surface area contributed by atoms with E-state index in [2.05, 4.69) is 0 Å². The van der Waals surface area contributed by atoms with Crippen molar-refractivity contribution in [1.29, 1.82) is 0 Å². The summed E-state index contributed by atoms with van der Waals surface area (Å²) in [5, 5.41) is 1.94. The molecule has 0 nitrogen and oxygen atoms in total. The molecule has 2 heteroatoms. The Bertz CT molecular complexity index is 437. The third-order valence-electron chi connectivity index (χ3n) is 2.02. The van der Waals surface area contributed by atoms with Gasteiger partial charge >= 0.3 is 0 Å². The molecule has 0 unspecified atom stereocenters. The highest BCUT2D eigenvalue weighted by Gasteiger charge is 1.96. The van der Waals surface area contributed by atoms with E-state index in [1.165, 1.54) is 12.1 Å². The normalized spacial score (nSPS) is 10.6. The first kappa shape index (κ1) is 8.52. The minimum Gasteiger partial charge on any atom is -0.207 e. The van der Waals surface area contributed by atoms with Crippen molar-refractivity contribution in [2.24, 2.45) is 0 Å². The van der Waals surface area contributed by atoms with Crippen molar-refractivity contribution in [1.82, 2.24) is 0 Å². The third-order valence-corrected chi connectivity index (χ3v) is 2.33. The van der Waals surface area contributed by atoms with Crippen LogP contribution in [0.4, 0.5) is 4.39 Å². The predicted octanol–water partition coefficient (Wildman–Crippen LogP) is 3.72. The Hall–Kier alpha value is -1.08. The smallest absolute Gasteiger partial charge is 0.123 e. The fraction of sp³-hybridized carbons (Fsp3) is 0.0909. The maximum atomic E-state index is 12.8. The molecule has 0 N–H and O–H groups in total. The molecule has 0 radical (unpaired) electrons. The number of hydrogen-bond acceptors (Lipinski definition) is 0. The zero-order valence-corrected chi connectivity index (χ0v) is 7.68. The van der Waals surface area contributed by atoms with Crippen molar-refractivity contribution in [3.05, 3.63) is 47.8 Å². The predicted molar refractivity (Wildman–Crippen MR) is 53.5 cm³/mol.